The molecule has 36 heteroatoms. The molecule has 0 fully saturated rings. The third-order valence-electron chi connectivity index (χ3n) is 13.2. The van der Waals surface area contributed by atoms with Crippen molar-refractivity contribution in [1.82, 2.24) is 62.8 Å². The lowest BCUT2D eigenvalue weighted by molar-refractivity contribution is -0.152. The van der Waals surface area contributed by atoms with Crippen LogP contribution in [0.4, 0.5) is 13.2 Å². The minimum atomic E-state index is -1.14. The lowest BCUT2D eigenvalue weighted by atomic mass is 10.2. The lowest BCUT2D eigenvalue weighted by Crippen LogP contribution is -2.44. The van der Waals surface area contributed by atoms with Gasteiger partial charge in [0, 0.05) is 44.1 Å². The molecule has 0 aromatic carbocycles. The number of allylic oxidation sites excluding steroid dienone is 3. The summed E-state index contributed by atoms with van der Waals surface area (Å²) in [6.07, 6.45) is 7.46. The Bertz CT molecular complexity index is 3850. The van der Waals surface area contributed by atoms with Gasteiger partial charge < -0.3 is 62.1 Å². The summed E-state index contributed by atoms with van der Waals surface area (Å²) < 4.78 is 58.3. The molecule has 6 rings (SSSR count). The van der Waals surface area contributed by atoms with Crippen LogP contribution < -0.4 is 47.9 Å². The van der Waals surface area contributed by atoms with Crippen LogP contribution in [0.1, 0.15) is 129 Å². The highest BCUT2D eigenvalue weighted by Gasteiger charge is 2.29. The van der Waals surface area contributed by atoms with Crippen LogP contribution in [-0.4, -0.2) is 155 Å². The van der Waals surface area contributed by atoms with Crippen molar-refractivity contribution in [1.29, 1.82) is 0 Å². The minimum absolute atomic E-state index is 0.0242. The summed E-state index contributed by atoms with van der Waals surface area (Å²) >= 11 is 3.41. The van der Waals surface area contributed by atoms with Crippen LogP contribution >= 0.6 is 35.3 Å². The maximum absolute atomic E-state index is 14.1. The second-order valence-electron chi connectivity index (χ2n) is 21.8. The van der Waals surface area contributed by atoms with E-state index in [0.717, 1.165) is 65.6 Å². The third kappa shape index (κ3) is 30.9. The molecule has 3 aliphatic rings. The van der Waals surface area contributed by atoms with E-state index in [2.05, 4.69) is 82.5 Å². The number of carbonyl (C=O) groups is 15. The second-order valence-corrected chi connectivity index (χ2v) is 25.7. The van der Waals surface area contributed by atoms with Gasteiger partial charge in [-0.05, 0) is 88.6 Å². The highest BCUT2D eigenvalue weighted by atomic mass is 32.2. The maximum Gasteiger partial charge on any atom is 0.328 e. The quantitative estimate of drug-likeness (QED) is 0.0412. The van der Waals surface area contributed by atoms with Gasteiger partial charge in [0.05, 0.1) is 73.1 Å². The van der Waals surface area contributed by atoms with E-state index in [4.69, 9.17) is 14.2 Å². The van der Waals surface area contributed by atoms with Gasteiger partial charge in [0.2, 0.25) is 17.7 Å². The zero-order valence-corrected chi connectivity index (χ0v) is 58.5. The first-order valence-electron chi connectivity index (χ1n) is 30.9. The number of hydrogen-bond donors (Lipinski definition) is 9. The average Bonchev–Trinajstić information content (AvgIpc) is 0.856. The van der Waals surface area contributed by atoms with Gasteiger partial charge >= 0.3 is 17.9 Å². The Morgan fingerprint density at radius 1 is 0.471 bits per heavy atom. The van der Waals surface area contributed by atoms with E-state index in [1.807, 2.05) is 0 Å². The predicted octanol–water partition coefficient (Wildman–Crippen LogP) is 3.38. The molecule has 0 spiro atoms. The van der Waals surface area contributed by atoms with E-state index >= 15 is 0 Å². The van der Waals surface area contributed by atoms with Crippen LogP contribution in [0.5, 0.6) is 0 Å². The molecule has 6 heterocycles. The number of pyridine rings is 3. The summed E-state index contributed by atoms with van der Waals surface area (Å²) in [6, 6.07) is 3.00. The largest absolute Gasteiger partial charge is 0.456 e. The molecule has 0 unspecified atom stereocenters. The lowest BCUT2D eigenvalue weighted by Gasteiger charge is -2.19. The Hall–Kier alpha value is -10.6. The summed E-state index contributed by atoms with van der Waals surface area (Å²) in [5, 5.41) is 21.1. The Balaban J connectivity index is 0.000000324. The zero-order valence-electron chi connectivity index (χ0n) is 56.0. The molecule has 0 saturated carbocycles. The van der Waals surface area contributed by atoms with Crippen molar-refractivity contribution in [2.24, 2.45) is 0 Å². The number of aromatic nitrogens is 3. The van der Waals surface area contributed by atoms with Crippen molar-refractivity contribution in [2.45, 2.75) is 136 Å². The molecular weight excluding hydrogens is 1400 g/mol. The van der Waals surface area contributed by atoms with Crippen LogP contribution in [-0.2, 0) is 91.4 Å². The summed E-state index contributed by atoms with van der Waals surface area (Å²) in [4.78, 5) is 193. The zero-order chi connectivity index (χ0) is 75.8. The van der Waals surface area contributed by atoms with E-state index in [9.17, 15) is 85.1 Å². The van der Waals surface area contributed by atoms with Gasteiger partial charge in [-0.25, -0.2) is 42.5 Å². The Labute approximate surface area is 595 Å². The predicted molar refractivity (Wildman–Crippen MR) is 365 cm³/mol. The van der Waals surface area contributed by atoms with Gasteiger partial charge in [0.1, 0.15) is 59.5 Å². The number of cyclic esters (lactones) is 3. The summed E-state index contributed by atoms with van der Waals surface area (Å²) in [5.41, 5.74) is -2.16. The molecule has 546 valence electrons. The molecule has 9 amide bonds. The molecule has 6 bridgehead atoms. The number of esters is 3. The number of hydrogen-bond acceptors (Lipinski definition) is 24. The van der Waals surface area contributed by atoms with Crippen molar-refractivity contribution >= 4 is 122 Å². The van der Waals surface area contributed by atoms with Crippen molar-refractivity contribution in [3.05, 3.63) is 161 Å². The van der Waals surface area contributed by atoms with Gasteiger partial charge in [-0.2, -0.15) is 0 Å². The molecule has 102 heavy (non-hydrogen) atoms. The number of ether oxygens (including phenoxy) is 3. The maximum atomic E-state index is 14.1. The van der Waals surface area contributed by atoms with E-state index in [-0.39, 0.29) is 94.1 Å². The number of amides is 9. The van der Waals surface area contributed by atoms with Crippen molar-refractivity contribution in [2.75, 3.05) is 17.3 Å². The fourth-order valence-corrected chi connectivity index (χ4v) is 9.74. The second kappa shape index (κ2) is 42.5. The first-order valence-corrected chi connectivity index (χ1v) is 33.9. The molecular formula is C66H75F3N12O18S3. The summed E-state index contributed by atoms with van der Waals surface area (Å²) in [6.45, 7) is 18.2. The number of carbonyl (C=O) groups excluding carboxylic acids is 15. The summed E-state index contributed by atoms with van der Waals surface area (Å²) in [7, 11) is 0. The smallest absolute Gasteiger partial charge is 0.328 e. The molecule has 3 aromatic rings. The normalized spacial score (nSPS) is 20.4. The molecule has 0 aliphatic carbocycles. The number of halogens is 3. The van der Waals surface area contributed by atoms with Crippen molar-refractivity contribution in [3.8, 4) is 0 Å². The Morgan fingerprint density at radius 2 is 0.843 bits per heavy atom. The van der Waals surface area contributed by atoms with Crippen LogP contribution in [0.2, 0.25) is 0 Å². The van der Waals surface area contributed by atoms with Crippen LogP contribution in [0, 0.1) is 17.5 Å². The van der Waals surface area contributed by atoms with Crippen molar-refractivity contribution < 1.29 is 99.3 Å². The number of nitrogens with zero attached hydrogens (tertiary/aromatic N) is 3. The Kier molecular flexibility index (Phi) is 34.9. The van der Waals surface area contributed by atoms with Crippen LogP contribution in [0.3, 0.4) is 0 Å². The van der Waals surface area contributed by atoms with E-state index in [1.165, 1.54) is 65.8 Å². The minimum Gasteiger partial charge on any atom is -0.456 e. The first kappa shape index (κ1) is 83.8. The number of nitrogens with one attached hydrogen (secondary N) is 9. The van der Waals surface area contributed by atoms with Crippen molar-refractivity contribution in [3.63, 3.8) is 0 Å². The number of thioether (sulfide) groups is 3. The van der Waals surface area contributed by atoms with E-state index < -0.39 is 136 Å². The molecule has 9 N–H and O–H groups in total. The SMILES string of the molecule is C=C1NC(=O)c2cc(F)cc(n2)CNC(=O)C[C@@H](/C=C/CCSC(C)=O)OC(=O)[C@H](C)NC1=O.C=C1NC(=O)c2ccc(F)c(n2)CNC(=O)C[C@@H](/C=C/CCSC(C)=O)OC(=O)[C@H](C)NC1=O.C=C1NC(=O)c2nc(ccc2F)CNC(=O)C[C@@H](/C=C/CCSC(C)=O)OC(=O)[C@H](C)NC1=O. The Morgan fingerprint density at radius 3 is 1.25 bits per heavy atom. The van der Waals surface area contributed by atoms with Gasteiger partial charge in [-0.15, -0.1) is 0 Å². The van der Waals surface area contributed by atoms with Gasteiger partial charge in [-0.3, -0.25) is 57.5 Å². The fourth-order valence-electron chi connectivity index (χ4n) is 8.11. The standard InChI is InChI=1S/3C22H25FN4O6S/c1-12-20(30)26-13(2)22(32)33-16(6-4-5-9-34-14(3)28)10-18(29)24-11-15-7-8-17(23)19(27-15)21(31)25-12;1-12-20(30)26-13(2)22(32)33-15(6-4-5-9-34-14(3)28)10-19(29)24-11-18-16(23)7-8-17(27-18)21(31)25-12;1-12-20(30)26-13(2)22(32)33-17(6-4-5-7-34-14(3)28)10-19(29)24-11-16-8-15(23)9-18(27-16)21(31)25-12/h4,6-8,13,16H,1,5,9-11H2,2-3H3,(H,24,29)(H,25,31)(H,26,30);4,6-8,13,15H,1,5,9-11H2,2-3H3,(H,24,29)(H,25,31)(H,26,30);4,6,8-9,13,17H,1,5,7,10-11H2,2-3H3,(H,24,29)(H,25,31)(H,26,30)/b3*6-4+/t13-,16+;13-,15+;13-,17+/m000/s1. The van der Waals surface area contributed by atoms with Crippen LogP contribution in [0.15, 0.2) is 110 Å². The fraction of sp³-hybridized carbons (Fsp3) is 0.364. The van der Waals surface area contributed by atoms with Gasteiger partial charge in [-0.1, -0.05) is 73.3 Å². The third-order valence-corrected chi connectivity index (χ3v) is 15.8. The molecule has 3 aliphatic heterocycles. The topological polar surface area (TPSA) is 431 Å². The molecule has 30 nitrogen and oxygen atoms in total. The highest BCUT2D eigenvalue weighted by Crippen LogP contribution is 2.16. The van der Waals surface area contributed by atoms with E-state index in [1.54, 1.807) is 18.2 Å². The molecule has 0 radical (unpaired) electrons. The first-order chi connectivity index (χ1) is 48.2. The van der Waals surface area contributed by atoms with Crippen LogP contribution in [0.25, 0.3) is 0 Å². The monoisotopic (exact) mass is 1480 g/mol. The molecule has 0 saturated heterocycles. The molecule has 3 aromatic heterocycles. The number of rotatable bonds is 12. The average molecular weight is 1480 g/mol. The summed E-state index contributed by atoms with van der Waals surface area (Å²) in [5.74, 6) is -10.2. The number of fused-ring (bicyclic) bond motifs is 6. The highest BCUT2D eigenvalue weighted by molar-refractivity contribution is 8.14. The van der Waals surface area contributed by atoms with Gasteiger partial charge in [0.25, 0.3) is 35.4 Å². The molecule has 6 atom stereocenters. The van der Waals surface area contributed by atoms with E-state index in [0.29, 0.717) is 36.5 Å². The van der Waals surface area contributed by atoms with Gasteiger partial charge in [0.15, 0.2) is 26.9 Å².